The SMILES string of the molecule is CCCCCCCCCCCCC/C=C/[C@@H](OC)[C@H](CO)NC(=O)COCCOCCOCCOCCOC. The van der Waals surface area contributed by atoms with Gasteiger partial charge in [0.25, 0.3) is 0 Å². The highest BCUT2D eigenvalue weighted by atomic mass is 16.6. The van der Waals surface area contributed by atoms with Crippen LogP contribution >= 0.6 is 0 Å². The Balaban J connectivity index is 3.76. The molecular formula is C30H59NO8. The van der Waals surface area contributed by atoms with Crippen LogP contribution in [0.4, 0.5) is 0 Å². The number of unbranched alkanes of at least 4 members (excludes halogenated alkanes) is 11. The molecule has 0 saturated carbocycles. The number of aliphatic hydroxyl groups excluding tert-OH is 1. The van der Waals surface area contributed by atoms with Crippen molar-refractivity contribution in [3.05, 3.63) is 12.2 Å². The number of amides is 1. The highest BCUT2D eigenvalue weighted by Crippen LogP contribution is 2.12. The number of aliphatic hydroxyl groups is 1. The molecule has 0 bridgehead atoms. The van der Waals surface area contributed by atoms with Crippen molar-refractivity contribution in [2.24, 2.45) is 0 Å². The van der Waals surface area contributed by atoms with Crippen molar-refractivity contribution >= 4 is 5.91 Å². The van der Waals surface area contributed by atoms with Crippen molar-refractivity contribution in [1.82, 2.24) is 5.32 Å². The van der Waals surface area contributed by atoms with E-state index in [0.717, 1.165) is 12.8 Å². The molecule has 2 N–H and O–H groups in total. The molecule has 0 aliphatic carbocycles. The van der Waals surface area contributed by atoms with Gasteiger partial charge in [-0.25, -0.2) is 0 Å². The van der Waals surface area contributed by atoms with Gasteiger partial charge >= 0.3 is 0 Å². The zero-order chi connectivity index (χ0) is 28.7. The van der Waals surface area contributed by atoms with E-state index in [1.165, 1.54) is 64.2 Å². The maximum atomic E-state index is 12.2. The molecule has 0 aliphatic heterocycles. The minimum absolute atomic E-state index is 0.103. The standard InChI is InChI=1S/C30H59NO8/c1-4-5-6-7-8-9-10-11-12-13-14-15-16-17-29(35-3)28(26-32)31-30(33)27-39-25-24-38-23-22-37-21-20-36-19-18-34-2/h16-17,28-29,32H,4-15,18-27H2,1-3H3,(H,31,33)/b17-16+/t28-,29+/m0/s1. The van der Waals surface area contributed by atoms with Crippen LogP contribution in [0.2, 0.25) is 0 Å². The first kappa shape index (κ1) is 37.9. The highest BCUT2D eigenvalue weighted by molar-refractivity contribution is 5.77. The molecule has 0 aliphatic rings. The van der Waals surface area contributed by atoms with Crippen molar-refractivity contribution < 1.29 is 38.3 Å². The Bertz CT molecular complexity index is 535. The van der Waals surface area contributed by atoms with Crippen LogP contribution in [0.1, 0.15) is 84.0 Å². The molecule has 0 aromatic rings. The van der Waals surface area contributed by atoms with Crippen LogP contribution < -0.4 is 5.32 Å². The number of carbonyl (C=O) groups excluding carboxylic acids is 1. The molecule has 0 aromatic heterocycles. The van der Waals surface area contributed by atoms with Crippen LogP contribution in [0.15, 0.2) is 12.2 Å². The fraction of sp³-hybridized carbons (Fsp3) is 0.900. The lowest BCUT2D eigenvalue weighted by Gasteiger charge is -2.23. The second kappa shape index (κ2) is 31.5. The number of nitrogens with one attached hydrogen (secondary N) is 1. The largest absolute Gasteiger partial charge is 0.394 e. The van der Waals surface area contributed by atoms with Crippen molar-refractivity contribution in [3.63, 3.8) is 0 Å². The molecule has 232 valence electrons. The normalized spacial score (nSPS) is 13.2. The summed E-state index contributed by atoms with van der Waals surface area (Å²) in [6.45, 7) is 5.68. The van der Waals surface area contributed by atoms with Gasteiger partial charge in [0.15, 0.2) is 0 Å². The average Bonchev–Trinajstić information content (AvgIpc) is 2.94. The summed E-state index contributed by atoms with van der Waals surface area (Å²) in [5, 5.41) is 12.5. The molecule has 1 amide bonds. The third kappa shape index (κ3) is 26.9. The molecule has 0 radical (unpaired) electrons. The summed E-state index contributed by atoms with van der Waals surface area (Å²) in [5.74, 6) is -0.299. The Morgan fingerprint density at radius 2 is 1.21 bits per heavy atom. The van der Waals surface area contributed by atoms with Gasteiger partial charge in [-0.1, -0.05) is 83.3 Å². The first-order valence-corrected chi connectivity index (χ1v) is 15.1. The number of rotatable bonds is 31. The number of carbonyl (C=O) groups is 1. The predicted molar refractivity (Wildman–Crippen MR) is 155 cm³/mol. The molecule has 0 spiro atoms. The Morgan fingerprint density at radius 3 is 1.69 bits per heavy atom. The van der Waals surface area contributed by atoms with E-state index in [4.69, 9.17) is 28.4 Å². The van der Waals surface area contributed by atoms with E-state index in [0.29, 0.717) is 52.9 Å². The fourth-order valence-corrected chi connectivity index (χ4v) is 3.98. The van der Waals surface area contributed by atoms with Gasteiger partial charge in [0.1, 0.15) is 6.61 Å². The molecule has 0 aromatic carbocycles. The summed E-state index contributed by atoms with van der Waals surface area (Å²) in [4.78, 5) is 12.2. The van der Waals surface area contributed by atoms with Gasteiger partial charge in [0.2, 0.25) is 5.91 Å². The van der Waals surface area contributed by atoms with Crippen molar-refractivity contribution in [3.8, 4) is 0 Å². The monoisotopic (exact) mass is 561 g/mol. The van der Waals surface area contributed by atoms with Gasteiger partial charge in [-0.2, -0.15) is 0 Å². The third-order valence-corrected chi connectivity index (χ3v) is 6.29. The van der Waals surface area contributed by atoms with Gasteiger partial charge in [-0.05, 0) is 12.8 Å². The molecule has 0 fully saturated rings. The Kier molecular flexibility index (Phi) is 30.6. The summed E-state index contributed by atoms with van der Waals surface area (Å²) >= 11 is 0. The molecule has 9 heteroatoms. The molecule has 2 atom stereocenters. The summed E-state index contributed by atoms with van der Waals surface area (Å²) in [6, 6.07) is -0.522. The van der Waals surface area contributed by atoms with E-state index in [2.05, 4.69) is 18.3 Å². The van der Waals surface area contributed by atoms with E-state index in [1.807, 2.05) is 6.08 Å². The maximum Gasteiger partial charge on any atom is 0.246 e. The highest BCUT2D eigenvalue weighted by Gasteiger charge is 2.20. The van der Waals surface area contributed by atoms with Gasteiger partial charge in [0, 0.05) is 14.2 Å². The lowest BCUT2D eigenvalue weighted by Crippen LogP contribution is -2.47. The topological polar surface area (TPSA) is 105 Å². The first-order chi connectivity index (χ1) is 19.2. The second-order valence-electron chi connectivity index (χ2n) is 9.69. The zero-order valence-electron chi connectivity index (χ0n) is 25.2. The quantitative estimate of drug-likeness (QED) is 0.0945. The number of methoxy groups -OCH3 is 2. The van der Waals surface area contributed by atoms with Crippen molar-refractivity contribution in [1.29, 1.82) is 0 Å². The molecule has 39 heavy (non-hydrogen) atoms. The number of hydrogen-bond acceptors (Lipinski definition) is 8. The van der Waals surface area contributed by atoms with Crippen molar-refractivity contribution in [2.45, 2.75) is 96.1 Å². The minimum atomic E-state index is -0.522. The van der Waals surface area contributed by atoms with E-state index < -0.39 is 6.04 Å². The smallest absolute Gasteiger partial charge is 0.246 e. The maximum absolute atomic E-state index is 12.2. The molecule has 0 heterocycles. The van der Waals surface area contributed by atoms with E-state index in [9.17, 15) is 9.90 Å². The molecule has 0 rings (SSSR count). The van der Waals surface area contributed by atoms with Gasteiger partial charge < -0.3 is 38.8 Å². The Labute approximate surface area is 238 Å². The van der Waals surface area contributed by atoms with Crippen LogP contribution in [0, 0.1) is 0 Å². The molecule has 9 nitrogen and oxygen atoms in total. The zero-order valence-corrected chi connectivity index (χ0v) is 25.2. The molecule has 0 unspecified atom stereocenters. The summed E-state index contributed by atoms with van der Waals surface area (Å²) in [7, 11) is 3.22. The Morgan fingerprint density at radius 1 is 0.718 bits per heavy atom. The predicted octanol–water partition coefficient (Wildman–Crippen LogP) is 4.45. The number of ether oxygens (including phenoxy) is 6. The van der Waals surface area contributed by atoms with E-state index >= 15 is 0 Å². The van der Waals surface area contributed by atoms with Crippen LogP contribution in [0.3, 0.4) is 0 Å². The van der Waals surface area contributed by atoms with Crippen LogP contribution in [0.25, 0.3) is 0 Å². The van der Waals surface area contributed by atoms with E-state index in [-0.39, 0.29) is 25.2 Å². The summed E-state index contributed by atoms with van der Waals surface area (Å²) < 4.78 is 31.8. The third-order valence-electron chi connectivity index (χ3n) is 6.29. The van der Waals surface area contributed by atoms with Gasteiger partial charge in [-0.15, -0.1) is 0 Å². The lowest BCUT2D eigenvalue weighted by molar-refractivity contribution is -0.128. The van der Waals surface area contributed by atoms with Crippen LogP contribution in [-0.4, -0.2) is 103 Å². The van der Waals surface area contributed by atoms with Gasteiger partial charge in [0.05, 0.1) is 71.6 Å². The fourth-order valence-electron chi connectivity index (χ4n) is 3.98. The van der Waals surface area contributed by atoms with Crippen LogP contribution in [0.5, 0.6) is 0 Å². The number of allylic oxidation sites excluding steroid dienone is 1. The van der Waals surface area contributed by atoms with Crippen molar-refractivity contribution in [2.75, 3.05) is 80.3 Å². The van der Waals surface area contributed by atoms with E-state index in [1.54, 1.807) is 14.2 Å². The van der Waals surface area contributed by atoms with Crippen LogP contribution in [-0.2, 0) is 33.2 Å². The van der Waals surface area contributed by atoms with Gasteiger partial charge in [-0.3, -0.25) is 4.79 Å². The minimum Gasteiger partial charge on any atom is -0.394 e. The summed E-state index contributed by atoms with van der Waals surface area (Å²) in [5.41, 5.74) is 0. The molecule has 0 saturated heterocycles. The molecular weight excluding hydrogens is 502 g/mol. The summed E-state index contributed by atoms with van der Waals surface area (Å²) in [6.07, 6.45) is 19.2. The second-order valence-corrected chi connectivity index (χ2v) is 9.69. The average molecular weight is 562 g/mol. The lowest BCUT2D eigenvalue weighted by atomic mass is 10.0. The number of hydrogen-bond donors (Lipinski definition) is 2. The first-order valence-electron chi connectivity index (χ1n) is 15.1. The Hall–Kier alpha value is -1.07.